The second-order valence-electron chi connectivity index (χ2n) is 10.1. The van der Waals surface area contributed by atoms with E-state index in [9.17, 15) is 18.0 Å². The molecular weight excluding hydrogens is 569 g/mol. The van der Waals surface area contributed by atoms with Gasteiger partial charge < -0.3 is 10.2 Å². The Morgan fingerprint density at radius 1 is 0.950 bits per heavy atom. The smallest absolute Gasteiger partial charge is 0.264 e. The summed E-state index contributed by atoms with van der Waals surface area (Å²) in [7, 11) is -4.22. The number of anilines is 1. The van der Waals surface area contributed by atoms with Gasteiger partial charge in [-0.15, -0.1) is 0 Å². The van der Waals surface area contributed by atoms with Gasteiger partial charge in [-0.1, -0.05) is 90.1 Å². The molecule has 10 heteroatoms. The quantitative estimate of drug-likeness (QED) is 0.310. The lowest BCUT2D eigenvalue weighted by molar-refractivity contribution is -0.139. The molecular formula is C30H33Cl2N3O4S. The minimum Gasteiger partial charge on any atom is -0.352 e. The van der Waals surface area contributed by atoms with E-state index in [2.05, 4.69) is 5.32 Å². The maximum absolute atomic E-state index is 14.0. The van der Waals surface area contributed by atoms with Crippen LogP contribution in [0, 0.1) is 6.92 Å². The standard InChI is InChI=1S/C30H33Cl2N3O4S/c1-21-15-17-23(18-16-21)19-34(22(2)30(37)33-24-9-6-7-10-24)28(36)20-35(27-14-8-13-26(31)29(27)32)40(38,39)25-11-4-3-5-12-25/h3-5,8,11-18,22,24H,6-7,9-10,19-20H2,1-2H3,(H,33,37)/t22-/m0/s1. The van der Waals surface area contributed by atoms with Gasteiger partial charge in [0.15, 0.2) is 0 Å². The summed E-state index contributed by atoms with van der Waals surface area (Å²) in [5.41, 5.74) is 1.95. The van der Waals surface area contributed by atoms with E-state index < -0.39 is 28.5 Å². The average Bonchev–Trinajstić information content (AvgIpc) is 3.46. The maximum atomic E-state index is 14.0. The number of carbonyl (C=O) groups is 2. The molecule has 1 aliphatic carbocycles. The van der Waals surface area contributed by atoms with Crippen LogP contribution in [0.2, 0.25) is 10.0 Å². The van der Waals surface area contributed by atoms with Crippen LogP contribution in [0.3, 0.4) is 0 Å². The Labute approximate surface area is 246 Å². The highest BCUT2D eigenvalue weighted by Gasteiger charge is 2.34. The van der Waals surface area contributed by atoms with E-state index in [1.54, 1.807) is 37.3 Å². The number of hydrogen-bond donors (Lipinski definition) is 1. The summed E-state index contributed by atoms with van der Waals surface area (Å²) >= 11 is 12.7. The third kappa shape index (κ3) is 6.97. The molecule has 3 aromatic carbocycles. The van der Waals surface area contributed by atoms with Crippen LogP contribution < -0.4 is 9.62 Å². The first-order valence-corrected chi connectivity index (χ1v) is 15.4. The van der Waals surface area contributed by atoms with Crippen molar-refractivity contribution in [2.45, 2.75) is 63.1 Å². The van der Waals surface area contributed by atoms with Crippen molar-refractivity contribution >= 4 is 50.7 Å². The fourth-order valence-electron chi connectivity index (χ4n) is 4.78. The number of rotatable bonds is 10. The highest BCUT2D eigenvalue weighted by atomic mass is 35.5. The van der Waals surface area contributed by atoms with Crippen molar-refractivity contribution in [2.75, 3.05) is 10.8 Å². The monoisotopic (exact) mass is 601 g/mol. The number of amides is 2. The van der Waals surface area contributed by atoms with Crippen molar-refractivity contribution in [1.29, 1.82) is 0 Å². The average molecular weight is 603 g/mol. The van der Waals surface area contributed by atoms with Gasteiger partial charge in [0.25, 0.3) is 10.0 Å². The van der Waals surface area contributed by atoms with Crippen LogP contribution in [-0.2, 0) is 26.2 Å². The van der Waals surface area contributed by atoms with Crippen molar-refractivity contribution in [3.63, 3.8) is 0 Å². The molecule has 1 fully saturated rings. The first-order chi connectivity index (χ1) is 19.1. The Morgan fingerprint density at radius 2 is 1.60 bits per heavy atom. The molecule has 3 aromatic rings. The zero-order valence-corrected chi connectivity index (χ0v) is 24.8. The van der Waals surface area contributed by atoms with Crippen molar-refractivity contribution < 1.29 is 18.0 Å². The van der Waals surface area contributed by atoms with E-state index in [-0.39, 0.29) is 39.1 Å². The number of halogens is 2. The van der Waals surface area contributed by atoms with Crippen LogP contribution in [-0.4, -0.2) is 43.8 Å². The van der Waals surface area contributed by atoms with E-state index >= 15 is 0 Å². The van der Waals surface area contributed by atoms with E-state index in [1.165, 1.54) is 23.1 Å². The summed E-state index contributed by atoms with van der Waals surface area (Å²) in [4.78, 5) is 28.7. The Balaban J connectivity index is 1.70. The van der Waals surface area contributed by atoms with Gasteiger partial charge in [-0.2, -0.15) is 0 Å². The summed E-state index contributed by atoms with van der Waals surface area (Å²) < 4.78 is 28.7. The van der Waals surface area contributed by atoms with Crippen LogP contribution in [0.25, 0.3) is 0 Å². The van der Waals surface area contributed by atoms with Crippen molar-refractivity contribution in [3.8, 4) is 0 Å². The van der Waals surface area contributed by atoms with E-state index in [4.69, 9.17) is 23.2 Å². The normalized spacial score (nSPS) is 14.5. The first-order valence-electron chi connectivity index (χ1n) is 13.2. The lowest BCUT2D eigenvalue weighted by Crippen LogP contribution is -2.52. The van der Waals surface area contributed by atoms with Crippen molar-refractivity contribution in [3.05, 3.63) is 94.0 Å². The number of aryl methyl sites for hydroxylation is 1. The minimum atomic E-state index is -4.22. The molecule has 1 N–H and O–H groups in total. The molecule has 1 saturated carbocycles. The molecule has 7 nitrogen and oxygen atoms in total. The third-order valence-electron chi connectivity index (χ3n) is 7.15. The zero-order chi connectivity index (χ0) is 28.9. The molecule has 0 saturated heterocycles. The topological polar surface area (TPSA) is 86.8 Å². The van der Waals surface area contributed by atoms with Gasteiger partial charge in [-0.3, -0.25) is 13.9 Å². The van der Waals surface area contributed by atoms with Gasteiger partial charge in [0.1, 0.15) is 12.6 Å². The fraction of sp³-hybridized carbons (Fsp3) is 0.333. The van der Waals surface area contributed by atoms with Gasteiger partial charge >= 0.3 is 0 Å². The van der Waals surface area contributed by atoms with Crippen LogP contribution in [0.15, 0.2) is 77.7 Å². The van der Waals surface area contributed by atoms with Gasteiger partial charge in [-0.05, 0) is 56.5 Å². The molecule has 0 spiro atoms. The first kappa shape index (κ1) is 29.9. The van der Waals surface area contributed by atoms with Crippen LogP contribution in [0.1, 0.15) is 43.7 Å². The van der Waals surface area contributed by atoms with Gasteiger partial charge in [0.2, 0.25) is 11.8 Å². The van der Waals surface area contributed by atoms with Crippen LogP contribution in [0.5, 0.6) is 0 Å². The SMILES string of the molecule is Cc1ccc(CN(C(=O)CN(c2cccc(Cl)c2Cl)S(=O)(=O)c2ccccc2)[C@@H](C)C(=O)NC2CCCC2)cc1. The predicted molar refractivity (Wildman–Crippen MR) is 159 cm³/mol. The number of sulfonamides is 1. The van der Waals surface area contributed by atoms with Gasteiger partial charge in [0, 0.05) is 12.6 Å². The zero-order valence-electron chi connectivity index (χ0n) is 22.5. The molecule has 1 aliphatic rings. The summed E-state index contributed by atoms with van der Waals surface area (Å²) in [6, 6.07) is 19.3. The minimum absolute atomic E-state index is 0.00375. The fourth-order valence-corrected chi connectivity index (χ4v) is 6.68. The number of hydrogen-bond acceptors (Lipinski definition) is 4. The molecule has 212 valence electrons. The van der Waals surface area contributed by atoms with Crippen LogP contribution in [0.4, 0.5) is 5.69 Å². The highest BCUT2D eigenvalue weighted by molar-refractivity contribution is 7.92. The van der Waals surface area contributed by atoms with Crippen molar-refractivity contribution in [1.82, 2.24) is 10.2 Å². The Bertz CT molecular complexity index is 1440. The Hall–Kier alpha value is -3.07. The summed E-state index contributed by atoms with van der Waals surface area (Å²) in [5.74, 6) is -0.823. The second-order valence-corrected chi connectivity index (χ2v) is 12.7. The summed E-state index contributed by atoms with van der Waals surface area (Å²) in [6.07, 6.45) is 3.91. The molecule has 40 heavy (non-hydrogen) atoms. The van der Waals surface area contributed by atoms with Gasteiger partial charge in [0.05, 0.1) is 20.6 Å². The number of nitrogens with one attached hydrogen (secondary N) is 1. The summed E-state index contributed by atoms with van der Waals surface area (Å²) in [6.45, 7) is 3.18. The lowest BCUT2D eigenvalue weighted by atomic mass is 10.1. The van der Waals surface area contributed by atoms with E-state index in [0.717, 1.165) is 41.1 Å². The second kappa shape index (κ2) is 13.1. The summed E-state index contributed by atoms with van der Waals surface area (Å²) in [5, 5.41) is 3.22. The van der Waals surface area contributed by atoms with E-state index in [1.807, 2.05) is 31.2 Å². The number of nitrogens with zero attached hydrogens (tertiary/aromatic N) is 2. The molecule has 0 radical (unpaired) electrons. The highest BCUT2D eigenvalue weighted by Crippen LogP contribution is 2.35. The molecule has 4 rings (SSSR count). The molecule has 1 atom stereocenters. The Kier molecular flexibility index (Phi) is 9.77. The largest absolute Gasteiger partial charge is 0.352 e. The van der Waals surface area contributed by atoms with Crippen LogP contribution >= 0.6 is 23.2 Å². The molecule has 0 aromatic heterocycles. The third-order valence-corrected chi connectivity index (χ3v) is 9.74. The number of carbonyl (C=O) groups excluding carboxylic acids is 2. The molecule has 2 amide bonds. The molecule has 0 aliphatic heterocycles. The molecule has 0 heterocycles. The van der Waals surface area contributed by atoms with E-state index in [0.29, 0.717) is 0 Å². The maximum Gasteiger partial charge on any atom is 0.264 e. The molecule has 0 unspecified atom stereocenters. The number of benzene rings is 3. The Morgan fingerprint density at radius 3 is 2.25 bits per heavy atom. The predicted octanol–water partition coefficient (Wildman–Crippen LogP) is 5.97. The van der Waals surface area contributed by atoms with Crippen molar-refractivity contribution in [2.24, 2.45) is 0 Å². The van der Waals surface area contributed by atoms with Gasteiger partial charge in [-0.25, -0.2) is 8.42 Å². The molecule has 0 bridgehead atoms. The lowest BCUT2D eigenvalue weighted by Gasteiger charge is -2.32.